The van der Waals surface area contributed by atoms with Crippen LogP contribution in [0.5, 0.6) is 0 Å². The molecule has 0 aromatic carbocycles. The van der Waals surface area contributed by atoms with Gasteiger partial charge in [0.1, 0.15) is 0 Å². The molecule has 1 aliphatic rings. The van der Waals surface area contributed by atoms with Crippen molar-refractivity contribution in [3.63, 3.8) is 0 Å². The van der Waals surface area contributed by atoms with Crippen molar-refractivity contribution in [3.8, 4) is 0 Å². The summed E-state index contributed by atoms with van der Waals surface area (Å²) in [5.74, 6) is 1.53. The Labute approximate surface area is 127 Å². The molecule has 1 nitrogen and oxygen atoms in total. The molecule has 0 saturated heterocycles. The molecule has 0 aromatic heterocycles. The molecule has 1 saturated carbocycles. The van der Waals surface area contributed by atoms with Crippen molar-refractivity contribution in [2.45, 2.75) is 87.7 Å². The highest BCUT2D eigenvalue weighted by molar-refractivity contribution is 4.95. The van der Waals surface area contributed by atoms with E-state index in [-0.39, 0.29) is 16.9 Å². The SMILES string of the molecule is CC(C)(C)C1CCC(C(C)(C)C)C(O)C(C(C)(C)C)C1. The van der Waals surface area contributed by atoms with E-state index in [0.29, 0.717) is 23.2 Å². The van der Waals surface area contributed by atoms with Gasteiger partial charge in [-0.2, -0.15) is 0 Å². The van der Waals surface area contributed by atoms with Gasteiger partial charge in [0.2, 0.25) is 0 Å². The minimum Gasteiger partial charge on any atom is -0.393 e. The van der Waals surface area contributed by atoms with Gasteiger partial charge in [0.25, 0.3) is 0 Å². The molecule has 0 spiro atoms. The van der Waals surface area contributed by atoms with E-state index in [0.717, 1.165) is 0 Å². The quantitative estimate of drug-likeness (QED) is 0.580. The Morgan fingerprint density at radius 3 is 1.45 bits per heavy atom. The predicted molar refractivity (Wildman–Crippen MR) is 88.7 cm³/mol. The first-order chi connectivity index (χ1) is 8.74. The van der Waals surface area contributed by atoms with Crippen LogP contribution in [0.4, 0.5) is 0 Å². The van der Waals surface area contributed by atoms with Crippen LogP contribution in [-0.2, 0) is 0 Å². The van der Waals surface area contributed by atoms with Gasteiger partial charge in [0, 0.05) is 0 Å². The Morgan fingerprint density at radius 1 is 0.650 bits per heavy atom. The summed E-state index contributed by atoms with van der Waals surface area (Å²) in [6.45, 7) is 20.8. The molecule has 1 rings (SSSR count). The molecular weight excluding hydrogens is 244 g/mol. The van der Waals surface area contributed by atoms with E-state index in [1.807, 2.05) is 0 Å². The van der Waals surface area contributed by atoms with Crippen molar-refractivity contribution in [1.82, 2.24) is 0 Å². The van der Waals surface area contributed by atoms with Crippen molar-refractivity contribution < 1.29 is 5.11 Å². The summed E-state index contributed by atoms with van der Waals surface area (Å²) in [6.07, 6.45) is 3.43. The van der Waals surface area contributed by atoms with Gasteiger partial charge >= 0.3 is 0 Å². The van der Waals surface area contributed by atoms with E-state index in [2.05, 4.69) is 62.3 Å². The maximum absolute atomic E-state index is 11.1. The second-order valence-corrected chi connectivity index (χ2v) is 10.3. The molecule has 1 fully saturated rings. The summed E-state index contributed by atoms with van der Waals surface area (Å²) >= 11 is 0. The zero-order valence-electron chi connectivity index (χ0n) is 15.4. The largest absolute Gasteiger partial charge is 0.393 e. The van der Waals surface area contributed by atoms with E-state index >= 15 is 0 Å². The standard InChI is InChI=1S/C19H38O/c1-17(2,3)13-10-11-14(18(4,5)6)16(20)15(12-13)19(7,8)9/h13-16,20H,10-12H2,1-9H3. The highest BCUT2D eigenvalue weighted by atomic mass is 16.3. The molecule has 4 unspecified atom stereocenters. The van der Waals surface area contributed by atoms with Crippen molar-refractivity contribution >= 4 is 0 Å². The molecule has 1 aliphatic carbocycles. The van der Waals surface area contributed by atoms with Crippen LogP contribution in [0.1, 0.15) is 81.6 Å². The van der Waals surface area contributed by atoms with E-state index in [9.17, 15) is 5.11 Å². The van der Waals surface area contributed by atoms with E-state index in [1.165, 1.54) is 19.3 Å². The Kier molecular flexibility index (Phi) is 5.07. The van der Waals surface area contributed by atoms with Crippen LogP contribution in [-0.4, -0.2) is 11.2 Å². The second-order valence-electron chi connectivity index (χ2n) is 10.3. The third-order valence-corrected chi connectivity index (χ3v) is 5.64. The minimum atomic E-state index is -0.164. The van der Waals surface area contributed by atoms with Crippen molar-refractivity contribution in [2.75, 3.05) is 0 Å². The Balaban J connectivity index is 3.11. The van der Waals surface area contributed by atoms with Crippen LogP contribution in [0, 0.1) is 34.0 Å². The lowest BCUT2D eigenvalue weighted by Crippen LogP contribution is -2.41. The Hall–Kier alpha value is -0.0400. The molecule has 0 heterocycles. The summed E-state index contributed by atoms with van der Waals surface area (Å²) in [4.78, 5) is 0. The first-order valence-corrected chi connectivity index (χ1v) is 8.42. The van der Waals surface area contributed by atoms with Gasteiger partial charge in [-0.25, -0.2) is 0 Å². The van der Waals surface area contributed by atoms with Crippen LogP contribution in [0.15, 0.2) is 0 Å². The molecule has 0 aromatic rings. The molecule has 0 amide bonds. The number of aliphatic hydroxyl groups is 1. The van der Waals surface area contributed by atoms with Gasteiger partial charge in [0.05, 0.1) is 6.10 Å². The lowest BCUT2D eigenvalue weighted by atomic mass is 9.66. The first-order valence-electron chi connectivity index (χ1n) is 8.42. The van der Waals surface area contributed by atoms with Gasteiger partial charge in [-0.3, -0.25) is 0 Å². The molecule has 1 N–H and O–H groups in total. The van der Waals surface area contributed by atoms with E-state index < -0.39 is 0 Å². The third-order valence-electron chi connectivity index (χ3n) is 5.64. The maximum atomic E-state index is 11.1. The van der Waals surface area contributed by atoms with Crippen LogP contribution >= 0.6 is 0 Å². The number of rotatable bonds is 0. The molecule has 1 heteroatoms. The van der Waals surface area contributed by atoms with Crippen LogP contribution < -0.4 is 0 Å². The maximum Gasteiger partial charge on any atom is 0.0606 e. The molecule has 0 aliphatic heterocycles. The summed E-state index contributed by atoms with van der Waals surface area (Å²) in [7, 11) is 0. The van der Waals surface area contributed by atoms with Gasteiger partial charge in [0.15, 0.2) is 0 Å². The average Bonchev–Trinajstić information content (AvgIpc) is 2.33. The Bertz CT molecular complexity index is 310. The molecule has 4 atom stereocenters. The number of hydrogen-bond donors (Lipinski definition) is 1. The zero-order valence-corrected chi connectivity index (χ0v) is 15.4. The fourth-order valence-electron chi connectivity index (χ4n) is 3.99. The summed E-state index contributed by atoms with van der Waals surface area (Å²) in [5.41, 5.74) is 0.711. The van der Waals surface area contributed by atoms with Crippen LogP contribution in [0.3, 0.4) is 0 Å². The third kappa shape index (κ3) is 4.23. The first kappa shape index (κ1) is 18.0. The predicted octanol–water partition coefficient (Wildman–Crippen LogP) is 5.52. The molecule has 0 radical (unpaired) electrons. The smallest absolute Gasteiger partial charge is 0.0606 e. The zero-order chi connectivity index (χ0) is 15.9. The monoisotopic (exact) mass is 282 g/mol. The lowest BCUT2D eigenvalue weighted by Gasteiger charge is -2.42. The van der Waals surface area contributed by atoms with Crippen LogP contribution in [0.2, 0.25) is 0 Å². The second kappa shape index (κ2) is 5.63. The lowest BCUT2D eigenvalue weighted by molar-refractivity contribution is -0.0376. The minimum absolute atomic E-state index is 0.164. The van der Waals surface area contributed by atoms with Gasteiger partial charge in [-0.05, 0) is 53.3 Å². The van der Waals surface area contributed by atoms with Crippen LogP contribution in [0.25, 0.3) is 0 Å². The van der Waals surface area contributed by atoms with Gasteiger partial charge in [-0.15, -0.1) is 0 Å². The van der Waals surface area contributed by atoms with Gasteiger partial charge in [-0.1, -0.05) is 62.3 Å². The van der Waals surface area contributed by atoms with Crippen molar-refractivity contribution in [3.05, 3.63) is 0 Å². The van der Waals surface area contributed by atoms with Crippen molar-refractivity contribution in [1.29, 1.82) is 0 Å². The fourth-order valence-corrected chi connectivity index (χ4v) is 3.99. The topological polar surface area (TPSA) is 20.2 Å². The number of hydrogen-bond acceptors (Lipinski definition) is 1. The highest BCUT2D eigenvalue weighted by Crippen LogP contribution is 2.49. The summed E-state index contributed by atoms with van der Waals surface area (Å²) < 4.78 is 0. The molecular formula is C19H38O. The highest BCUT2D eigenvalue weighted by Gasteiger charge is 2.45. The van der Waals surface area contributed by atoms with Gasteiger partial charge < -0.3 is 5.11 Å². The van der Waals surface area contributed by atoms with E-state index in [1.54, 1.807) is 0 Å². The number of aliphatic hydroxyl groups excluding tert-OH is 1. The summed E-state index contributed by atoms with van der Waals surface area (Å²) in [5, 5.41) is 11.1. The van der Waals surface area contributed by atoms with Crippen molar-refractivity contribution in [2.24, 2.45) is 34.0 Å². The molecule has 120 valence electrons. The fraction of sp³-hybridized carbons (Fsp3) is 1.00. The normalized spacial score (nSPS) is 33.9. The summed E-state index contributed by atoms with van der Waals surface area (Å²) in [6, 6.07) is 0. The Morgan fingerprint density at radius 2 is 1.10 bits per heavy atom. The molecule has 20 heavy (non-hydrogen) atoms. The van der Waals surface area contributed by atoms with E-state index in [4.69, 9.17) is 0 Å². The molecule has 0 bridgehead atoms. The average molecular weight is 283 g/mol.